The summed E-state index contributed by atoms with van der Waals surface area (Å²) >= 11 is 0. The van der Waals surface area contributed by atoms with Gasteiger partial charge in [-0.25, -0.2) is 8.42 Å². The van der Waals surface area contributed by atoms with Crippen molar-refractivity contribution in [1.29, 1.82) is 0 Å². The van der Waals surface area contributed by atoms with Gasteiger partial charge in [0, 0.05) is 42.0 Å². The number of hydrogen-bond acceptors (Lipinski definition) is 4. The fourth-order valence-electron chi connectivity index (χ4n) is 3.68. The molecular formula is C19H25N3O3S. The lowest BCUT2D eigenvalue weighted by molar-refractivity contribution is -0.114. The summed E-state index contributed by atoms with van der Waals surface area (Å²) in [6.07, 6.45) is 2.60. The van der Waals surface area contributed by atoms with Gasteiger partial charge in [0.15, 0.2) is 0 Å². The lowest BCUT2D eigenvalue weighted by atomic mass is 10.00. The highest BCUT2D eigenvalue weighted by Gasteiger charge is 2.36. The molecule has 1 aliphatic rings. The first kappa shape index (κ1) is 18.8. The number of nitrogens with one attached hydrogen (secondary N) is 1. The second kappa shape index (κ2) is 7.34. The molecule has 0 radical (unpaired) electrons. The summed E-state index contributed by atoms with van der Waals surface area (Å²) < 4.78 is 28.4. The van der Waals surface area contributed by atoms with E-state index in [0.717, 1.165) is 19.3 Å². The van der Waals surface area contributed by atoms with Crippen LogP contribution in [0, 0.1) is 0 Å². The minimum absolute atomic E-state index is 0.192. The van der Waals surface area contributed by atoms with Crippen LogP contribution in [0.5, 0.6) is 0 Å². The monoisotopic (exact) mass is 375 g/mol. The average Bonchev–Trinajstić information content (AvgIpc) is 2.61. The van der Waals surface area contributed by atoms with Gasteiger partial charge in [0.05, 0.1) is 4.90 Å². The van der Waals surface area contributed by atoms with Crippen LogP contribution >= 0.6 is 0 Å². The van der Waals surface area contributed by atoms with Crippen molar-refractivity contribution in [3.05, 3.63) is 36.4 Å². The summed E-state index contributed by atoms with van der Waals surface area (Å²) in [7, 11) is -3.69. The Bertz CT molecular complexity index is 925. The molecular weight excluding hydrogens is 350 g/mol. The third-order valence-electron chi connectivity index (χ3n) is 4.89. The van der Waals surface area contributed by atoms with Crippen molar-refractivity contribution in [2.45, 2.75) is 50.1 Å². The van der Waals surface area contributed by atoms with Crippen molar-refractivity contribution in [2.75, 3.05) is 11.9 Å². The van der Waals surface area contributed by atoms with Crippen LogP contribution in [-0.4, -0.2) is 37.3 Å². The topological polar surface area (TPSA) is 92.5 Å². The van der Waals surface area contributed by atoms with E-state index in [0.29, 0.717) is 23.0 Å². The highest BCUT2D eigenvalue weighted by atomic mass is 32.2. The fraction of sp³-hybridized carbons (Fsp3) is 0.421. The molecule has 0 bridgehead atoms. The number of carbonyl (C=O) groups is 1. The van der Waals surface area contributed by atoms with E-state index in [1.165, 1.54) is 6.92 Å². The zero-order valence-corrected chi connectivity index (χ0v) is 15.9. The number of benzene rings is 2. The van der Waals surface area contributed by atoms with E-state index < -0.39 is 10.0 Å². The molecule has 2 aromatic rings. The molecule has 0 aliphatic carbocycles. The molecule has 7 heteroatoms. The van der Waals surface area contributed by atoms with Crippen molar-refractivity contribution in [3.8, 4) is 0 Å². The van der Waals surface area contributed by atoms with Gasteiger partial charge in [-0.3, -0.25) is 4.79 Å². The zero-order valence-electron chi connectivity index (χ0n) is 15.1. The van der Waals surface area contributed by atoms with E-state index in [1.807, 2.05) is 19.1 Å². The van der Waals surface area contributed by atoms with Crippen LogP contribution in [0.1, 0.15) is 33.1 Å². The molecule has 3 N–H and O–H groups in total. The Hall–Kier alpha value is -1.96. The molecule has 0 spiro atoms. The first-order chi connectivity index (χ1) is 12.3. The highest BCUT2D eigenvalue weighted by molar-refractivity contribution is 7.89. The van der Waals surface area contributed by atoms with E-state index in [4.69, 9.17) is 5.73 Å². The molecule has 6 nitrogen and oxygen atoms in total. The van der Waals surface area contributed by atoms with E-state index in [1.54, 1.807) is 28.6 Å². The predicted octanol–water partition coefficient (Wildman–Crippen LogP) is 2.69. The molecule has 1 amide bonds. The van der Waals surface area contributed by atoms with Crippen LogP contribution < -0.4 is 11.1 Å². The SMILES string of the molecule is CC(=O)Nc1ccc(S(=O)(=O)N2CCCCC2C(C)N)c2ccccc12. The van der Waals surface area contributed by atoms with Crippen molar-refractivity contribution in [3.63, 3.8) is 0 Å². The molecule has 0 aromatic heterocycles. The first-order valence-corrected chi connectivity index (χ1v) is 10.3. The lowest BCUT2D eigenvalue weighted by Gasteiger charge is -2.37. The van der Waals surface area contributed by atoms with E-state index in [2.05, 4.69) is 5.32 Å². The number of nitrogens with zero attached hydrogens (tertiary/aromatic N) is 1. The predicted molar refractivity (Wildman–Crippen MR) is 103 cm³/mol. The van der Waals surface area contributed by atoms with Crippen LogP contribution in [0.3, 0.4) is 0 Å². The largest absolute Gasteiger partial charge is 0.326 e. The summed E-state index contributed by atoms with van der Waals surface area (Å²) in [5, 5.41) is 4.08. The number of nitrogens with two attached hydrogens (primary N) is 1. The van der Waals surface area contributed by atoms with Crippen LogP contribution in [-0.2, 0) is 14.8 Å². The third-order valence-corrected chi connectivity index (χ3v) is 6.87. The molecule has 2 unspecified atom stereocenters. The van der Waals surface area contributed by atoms with Crippen molar-refractivity contribution in [1.82, 2.24) is 4.31 Å². The molecule has 140 valence electrons. The zero-order chi connectivity index (χ0) is 18.9. The Morgan fingerprint density at radius 2 is 1.88 bits per heavy atom. The number of carbonyl (C=O) groups excluding carboxylic acids is 1. The molecule has 1 fully saturated rings. The maximum Gasteiger partial charge on any atom is 0.243 e. The van der Waals surface area contributed by atoms with Gasteiger partial charge in [-0.1, -0.05) is 30.7 Å². The van der Waals surface area contributed by atoms with Crippen molar-refractivity contribution in [2.24, 2.45) is 5.73 Å². The number of sulfonamides is 1. The van der Waals surface area contributed by atoms with Gasteiger partial charge >= 0.3 is 0 Å². The summed E-state index contributed by atoms with van der Waals surface area (Å²) in [5.74, 6) is -0.196. The Morgan fingerprint density at radius 3 is 2.54 bits per heavy atom. The molecule has 26 heavy (non-hydrogen) atoms. The minimum atomic E-state index is -3.69. The summed E-state index contributed by atoms with van der Waals surface area (Å²) in [6.45, 7) is 3.77. The molecule has 1 aliphatic heterocycles. The van der Waals surface area contributed by atoms with Crippen molar-refractivity contribution < 1.29 is 13.2 Å². The number of hydrogen-bond donors (Lipinski definition) is 2. The van der Waals surface area contributed by atoms with Crippen molar-refractivity contribution >= 4 is 32.4 Å². The van der Waals surface area contributed by atoms with Crippen LogP contribution in [0.25, 0.3) is 10.8 Å². The van der Waals surface area contributed by atoms with Gasteiger partial charge in [-0.2, -0.15) is 4.31 Å². The third kappa shape index (κ3) is 3.47. The number of amides is 1. The molecule has 2 aromatic carbocycles. The van der Waals surface area contributed by atoms with E-state index in [9.17, 15) is 13.2 Å². The fourth-order valence-corrected chi connectivity index (χ4v) is 5.65. The Kier molecular flexibility index (Phi) is 5.32. The maximum absolute atomic E-state index is 13.4. The first-order valence-electron chi connectivity index (χ1n) is 8.89. The van der Waals surface area contributed by atoms with Crippen LogP contribution in [0.2, 0.25) is 0 Å². The second-order valence-corrected chi connectivity index (χ2v) is 8.74. The van der Waals surface area contributed by atoms with Gasteiger partial charge in [0.1, 0.15) is 0 Å². The molecule has 3 rings (SSSR count). The lowest BCUT2D eigenvalue weighted by Crippen LogP contribution is -2.51. The molecule has 0 saturated carbocycles. The Balaban J connectivity index is 2.13. The average molecular weight is 375 g/mol. The smallest absolute Gasteiger partial charge is 0.243 e. The standard InChI is InChI=1S/C19H25N3O3S/c1-13(20)18-9-5-6-12-22(18)26(24,25)19-11-10-17(21-14(2)23)15-7-3-4-8-16(15)19/h3-4,7-8,10-11,13,18H,5-6,9,12,20H2,1-2H3,(H,21,23). The number of piperidine rings is 1. The number of fused-ring (bicyclic) bond motifs is 1. The molecule has 2 atom stereocenters. The summed E-state index contributed by atoms with van der Waals surface area (Å²) in [5.41, 5.74) is 6.68. The Morgan fingerprint density at radius 1 is 1.19 bits per heavy atom. The molecule has 1 saturated heterocycles. The minimum Gasteiger partial charge on any atom is -0.326 e. The number of anilines is 1. The van der Waals surface area contributed by atoms with Gasteiger partial charge in [0.2, 0.25) is 15.9 Å². The Labute approximate surface area is 154 Å². The van der Waals surface area contributed by atoms with Gasteiger partial charge in [0.25, 0.3) is 0 Å². The quantitative estimate of drug-likeness (QED) is 0.859. The van der Waals surface area contributed by atoms with E-state index >= 15 is 0 Å². The normalized spacial score (nSPS) is 20.0. The van der Waals surface area contributed by atoms with Crippen LogP contribution in [0.4, 0.5) is 5.69 Å². The van der Waals surface area contributed by atoms with Gasteiger partial charge < -0.3 is 11.1 Å². The van der Waals surface area contributed by atoms with Gasteiger partial charge in [-0.15, -0.1) is 0 Å². The second-order valence-electron chi connectivity index (χ2n) is 6.88. The van der Waals surface area contributed by atoms with Crippen LogP contribution in [0.15, 0.2) is 41.3 Å². The maximum atomic E-state index is 13.4. The summed E-state index contributed by atoms with van der Waals surface area (Å²) in [6, 6.07) is 10.0. The number of rotatable bonds is 4. The van der Waals surface area contributed by atoms with E-state index in [-0.39, 0.29) is 22.9 Å². The highest BCUT2D eigenvalue weighted by Crippen LogP contribution is 2.34. The van der Waals surface area contributed by atoms with Gasteiger partial charge in [-0.05, 0) is 31.9 Å². The molecule has 1 heterocycles. The summed E-state index contributed by atoms with van der Waals surface area (Å²) in [4.78, 5) is 11.7.